The van der Waals surface area contributed by atoms with Crippen molar-refractivity contribution in [1.82, 2.24) is 0 Å². The molecule has 1 heterocycles. The Hall–Kier alpha value is -1.68. The molecule has 0 atom stereocenters. The van der Waals surface area contributed by atoms with E-state index in [0.29, 0.717) is 0 Å². The van der Waals surface area contributed by atoms with E-state index in [4.69, 9.17) is 7.53 Å². The molecule has 0 unspecified atom stereocenters. The van der Waals surface area contributed by atoms with Crippen LogP contribution < -0.4 is 0 Å². The third kappa shape index (κ3) is 2.54. The van der Waals surface area contributed by atoms with E-state index in [2.05, 4.69) is 35.8 Å². The maximum atomic E-state index is 6.15. The summed E-state index contributed by atoms with van der Waals surface area (Å²) in [5.74, 6) is 5.99. The van der Waals surface area contributed by atoms with Gasteiger partial charge in [-0.3, -0.25) is 0 Å². The first-order valence-electron chi connectivity index (χ1n) is 6.39. The second-order valence-corrected chi connectivity index (χ2v) is 11.7. The van der Waals surface area contributed by atoms with Crippen LogP contribution in [-0.4, -0.2) is 13.9 Å². The van der Waals surface area contributed by atoms with Gasteiger partial charge in [-0.15, -0.1) is 0 Å². The maximum absolute atomic E-state index is 6.15. The standard InChI is InChI=1S/C16H16GeO2/c1-17(2)18-15(13-9-5-3-6-10-13)16(19-17)14-11-7-4-8-12-14/h3-12H,1-2H3. The SMILES string of the molecule is [CH3][Ge]1([CH3])[O]C(c2ccccc2)=C(c2ccccc2)[O]1. The van der Waals surface area contributed by atoms with Crippen LogP contribution in [0.2, 0.25) is 11.5 Å². The van der Waals surface area contributed by atoms with E-state index in [1.165, 1.54) is 0 Å². The summed E-state index contributed by atoms with van der Waals surface area (Å²) in [5.41, 5.74) is 2.16. The van der Waals surface area contributed by atoms with Crippen LogP contribution in [0.3, 0.4) is 0 Å². The van der Waals surface area contributed by atoms with Crippen LogP contribution in [0.25, 0.3) is 11.5 Å². The topological polar surface area (TPSA) is 18.5 Å². The van der Waals surface area contributed by atoms with Crippen LogP contribution in [0, 0.1) is 0 Å². The summed E-state index contributed by atoms with van der Waals surface area (Å²) in [6.45, 7) is 0. The zero-order valence-corrected chi connectivity index (χ0v) is 13.2. The molecule has 0 bridgehead atoms. The Morgan fingerprint density at radius 3 is 1.37 bits per heavy atom. The Labute approximate surface area is 116 Å². The van der Waals surface area contributed by atoms with Crippen LogP contribution in [0.1, 0.15) is 11.1 Å². The van der Waals surface area contributed by atoms with Crippen LogP contribution in [-0.2, 0) is 7.53 Å². The summed E-state index contributed by atoms with van der Waals surface area (Å²) in [5, 5.41) is 0. The molecule has 1 aliphatic heterocycles. The van der Waals surface area contributed by atoms with E-state index < -0.39 is 13.9 Å². The van der Waals surface area contributed by atoms with Crippen LogP contribution in [0.4, 0.5) is 0 Å². The first-order chi connectivity index (χ1) is 9.16. The van der Waals surface area contributed by atoms with Crippen molar-refractivity contribution in [3.8, 4) is 0 Å². The third-order valence-corrected chi connectivity index (χ3v) is 5.89. The fourth-order valence-electron chi connectivity index (χ4n) is 2.16. The molecule has 0 aliphatic carbocycles. The van der Waals surface area contributed by atoms with E-state index in [1.807, 2.05) is 36.4 Å². The molecule has 0 saturated heterocycles. The predicted molar refractivity (Wildman–Crippen MR) is 79.4 cm³/mol. The molecule has 0 radical (unpaired) electrons. The van der Waals surface area contributed by atoms with Crippen molar-refractivity contribution >= 4 is 25.5 Å². The average molecular weight is 313 g/mol. The van der Waals surface area contributed by atoms with E-state index >= 15 is 0 Å². The molecule has 0 N–H and O–H groups in total. The fourth-order valence-corrected chi connectivity index (χ4v) is 5.20. The molecule has 96 valence electrons. The minimum absolute atomic E-state index is 0.886. The van der Waals surface area contributed by atoms with Gasteiger partial charge in [0.05, 0.1) is 0 Å². The monoisotopic (exact) mass is 314 g/mol. The molecule has 2 aromatic carbocycles. The van der Waals surface area contributed by atoms with Gasteiger partial charge in [0.15, 0.2) is 0 Å². The molecular formula is C16H16GeO2. The van der Waals surface area contributed by atoms with Crippen molar-refractivity contribution in [3.63, 3.8) is 0 Å². The molecule has 3 heteroatoms. The van der Waals surface area contributed by atoms with Crippen LogP contribution in [0.15, 0.2) is 60.7 Å². The molecule has 19 heavy (non-hydrogen) atoms. The van der Waals surface area contributed by atoms with Gasteiger partial charge in [-0.25, -0.2) is 0 Å². The number of rotatable bonds is 2. The van der Waals surface area contributed by atoms with Gasteiger partial charge in [0.25, 0.3) is 0 Å². The Bertz CT molecular complexity index is 550. The Balaban J connectivity index is 2.11. The second-order valence-electron chi connectivity index (χ2n) is 4.99. The summed E-state index contributed by atoms with van der Waals surface area (Å²) in [4.78, 5) is 0. The summed E-state index contributed by atoms with van der Waals surface area (Å²) in [6, 6.07) is 20.3. The summed E-state index contributed by atoms with van der Waals surface area (Å²) < 4.78 is 12.3. The summed E-state index contributed by atoms with van der Waals surface area (Å²) in [6.07, 6.45) is 0. The van der Waals surface area contributed by atoms with Gasteiger partial charge in [-0.1, -0.05) is 0 Å². The molecule has 3 rings (SSSR count). The van der Waals surface area contributed by atoms with Gasteiger partial charge in [0, 0.05) is 0 Å². The third-order valence-electron chi connectivity index (χ3n) is 2.97. The van der Waals surface area contributed by atoms with Crippen molar-refractivity contribution in [3.05, 3.63) is 71.8 Å². The molecule has 1 aliphatic rings. The molecule has 2 aromatic rings. The first-order valence-corrected chi connectivity index (χ1v) is 12.3. The first kappa shape index (κ1) is 12.4. The second kappa shape index (κ2) is 4.78. The van der Waals surface area contributed by atoms with Gasteiger partial charge < -0.3 is 0 Å². The Morgan fingerprint density at radius 1 is 0.632 bits per heavy atom. The zero-order valence-electron chi connectivity index (χ0n) is 11.1. The van der Waals surface area contributed by atoms with Crippen molar-refractivity contribution in [2.45, 2.75) is 11.5 Å². The van der Waals surface area contributed by atoms with Crippen molar-refractivity contribution in [2.24, 2.45) is 0 Å². The van der Waals surface area contributed by atoms with Gasteiger partial charge in [0.1, 0.15) is 0 Å². The summed E-state index contributed by atoms with van der Waals surface area (Å²) in [7, 11) is 0. The molecular weight excluding hydrogens is 297 g/mol. The van der Waals surface area contributed by atoms with Crippen LogP contribution >= 0.6 is 0 Å². The fraction of sp³-hybridized carbons (Fsp3) is 0.125. The molecule has 0 fully saturated rings. The molecule has 0 aromatic heterocycles. The molecule has 0 saturated carbocycles. The molecule has 2 nitrogen and oxygen atoms in total. The van der Waals surface area contributed by atoms with E-state index in [9.17, 15) is 0 Å². The average Bonchev–Trinajstić information content (AvgIpc) is 2.77. The Kier molecular flexibility index (Phi) is 3.11. The zero-order chi connectivity index (χ0) is 13.3. The van der Waals surface area contributed by atoms with Crippen molar-refractivity contribution in [2.75, 3.05) is 0 Å². The van der Waals surface area contributed by atoms with Crippen LogP contribution in [0.5, 0.6) is 0 Å². The predicted octanol–water partition coefficient (Wildman–Crippen LogP) is 4.26. The van der Waals surface area contributed by atoms with Crippen molar-refractivity contribution in [1.29, 1.82) is 0 Å². The van der Waals surface area contributed by atoms with E-state index in [-0.39, 0.29) is 0 Å². The summed E-state index contributed by atoms with van der Waals surface area (Å²) >= 11 is -2.62. The number of benzene rings is 2. The number of hydrogen-bond donors (Lipinski definition) is 0. The Morgan fingerprint density at radius 2 is 1.00 bits per heavy atom. The minimum atomic E-state index is -2.62. The van der Waals surface area contributed by atoms with Gasteiger partial charge in [-0.05, 0) is 0 Å². The van der Waals surface area contributed by atoms with Crippen molar-refractivity contribution < 1.29 is 7.53 Å². The van der Waals surface area contributed by atoms with Gasteiger partial charge in [-0.2, -0.15) is 0 Å². The van der Waals surface area contributed by atoms with Gasteiger partial charge >= 0.3 is 116 Å². The van der Waals surface area contributed by atoms with Gasteiger partial charge in [0.2, 0.25) is 0 Å². The molecule has 0 amide bonds. The molecule has 0 spiro atoms. The quantitative estimate of drug-likeness (QED) is 0.771. The normalized spacial score (nSPS) is 16.9. The number of hydrogen-bond acceptors (Lipinski definition) is 2. The van der Waals surface area contributed by atoms with E-state index in [1.54, 1.807) is 0 Å². The van der Waals surface area contributed by atoms with E-state index in [0.717, 1.165) is 22.6 Å².